The highest BCUT2D eigenvalue weighted by Crippen LogP contribution is 2.14. The number of nitrogens with two attached hydrogens (primary N) is 1. The molecule has 0 aliphatic carbocycles. The van der Waals surface area contributed by atoms with Crippen molar-refractivity contribution in [2.45, 2.75) is 12.8 Å². The van der Waals surface area contributed by atoms with Crippen molar-refractivity contribution in [2.24, 2.45) is 5.73 Å². The lowest BCUT2D eigenvalue weighted by Gasteiger charge is -2.35. The first-order chi connectivity index (χ1) is 10.1. The molecule has 0 saturated carbocycles. The zero-order valence-corrected chi connectivity index (χ0v) is 13.5. The standard InChI is InChI=1S/C15H20BrN3O2/c16-13-5-3-12(4-6-13)15(21)19-10-8-18(9-11-19)14(20)2-1-7-17/h3-6H,1-2,7-11,17H2. The minimum Gasteiger partial charge on any atom is -0.339 e. The van der Waals surface area contributed by atoms with E-state index in [0.29, 0.717) is 44.7 Å². The molecule has 1 aromatic rings. The van der Waals surface area contributed by atoms with Crippen LogP contribution in [0, 0.1) is 0 Å². The van der Waals surface area contributed by atoms with Crippen molar-refractivity contribution in [3.8, 4) is 0 Å². The average Bonchev–Trinajstić information content (AvgIpc) is 2.53. The van der Waals surface area contributed by atoms with Gasteiger partial charge in [-0.1, -0.05) is 15.9 Å². The summed E-state index contributed by atoms with van der Waals surface area (Å²) < 4.78 is 0.953. The first-order valence-corrected chi connectivity index (χ1v) is 7.94. The molecule has 1 aliphatic heterocycles. The number of carbonyl (C=O) groups is 2. The first kappa shape index (κ1) is 16.0. The number of nitrogens with zero attached hydrogens (tertiary/aromatic N) is 2. The molecule has 114 valence electrons. The number of carbonyl (C=O) groups excluding carboxylic acids is 2. The van der Waals surface area contributed by atoms with E-state index < -0.39 is 0 Å². The molecular weight excluding hydrogens is 334 g/mol. The second kappa shape index (κ2) is 7.56. The summed E-state index contributed by atoms with van der Waals surface area (Å²) in [6.45, 7) is 2.91. The van der Waals surface area contributed by atoms with Gasteiger partial charge in [0.05, 0.1) is 0 Å². The second-order valence-corrected chi connectivity index (χ2v) is 5.99. The van der Waals surface area contributed by atoms with Gasteiger partial charge in [0, 0.05) is 42.6 Å². The summed E-state index contributed by atoms with van der Waals surface area (Å²) in [5.41, 5.74) is 6.10. The number of hydrogen-bond acceptors (Lipinski definition) is 3. The summed E-state index contributed by atoms with van der Waals surface area (Å²) in [6, 6.07) is 7.34. The third-order valence-electron chi connectivity index (χ3n) is 3.61. The van der Waals surface area contributed by atoms with Crippen molar-refractivity contribution in [2.75, 3.05) is 32.7 Å². The van der Waals surface area contributed by atoms with Gasteiger partial charge in [0.25, 0.3) is 5.91 Å². The largest absolute Gasteiger partial charge is 0.339 e. The molecule has 0 spiro atoms. The monoisotopic (exact) mass is 353 g/mol. The number of hydrogen-bond donors (Lipinski definition) is 1. The van der Waals surface area contributed by atoms with E-state index in [1.807, 2.05) is 29.2 Å². The van der Waals surface area contributed by atoms with Crippen molar-refractivity contribution < 1.29 is 9.59 Å². The predicted molar refractivity (Wildman–Crippen MR) is 84.9 cm³/mol. The van der Waals surface area contributed by atoms with E-state index in [9.17, 15) is 9.59 Å². The van der Waals surface area contributed by atoms with Crippen molar-refractivity contribution in [3.63, 3.8) is 0 Å². The molecule has 6 heteroatoms. The summed E-state index contributed by atoms with van der Waals surface area (Å²) in [5.74, 6) is 0.160. The summed E-state index contributed by atoms with van der Waals surface area (Å²) in [7, 11) is 0. The summed E-state index contributed by atoms with van der Waals surface area (Å²) in [6.07, 6.45) is 1.22. The van der Waals surface area contributed by atoms with Crippen molar-refractivity contribution >= 4 is 27.7 Å². The van der Waals surface area contributed by atoms with Gasteiger partial charge >= 0.3 is 0 Å². The van der Waals surface area contributed by atoms with E-state index in [-0.39, 0.29) is 11.8 Å². The zero-order chi connectivity index (χ0) is 15.2. The van der Waals surface area contributed by atoms with Crippen LogP contribution in [0.1, 0.15) is 23.2 Å². The molecule has 2 amide bonds. The lowest BCUT2D eigenvalue weighted by molar-refractivity contribution is -0.132. The Morgan fingerprint density at radius 2 is 1.62 bits per heavy atom. The van der Waals surface area contributed by atoms with Crippen LogP contribution >= 0.6 is 15.9 Å². The third-order valence-corrected chi connectivity index (χ3v) is 4.13. The third kappa shape index (κ3) is 4.28. The van der Waals surface area contributed by atoms with Crippen molar-refractivity contribution in [3.05, 3.63) is 34.3 Å². The van der Waals surface area contributed by atoms with Crippen molar-refractivity contribution in [1.82, 2.24) is 9.80 Å². The Balaban J connectivity index is 1.87. The SMILES string of the molecule is NCCCC(=O)N1CCN(C(=O)c2ccc(Br)cc2)CC1. The maximum absolute atomic E-state index is 12.4. The molecule has 0 atom stereocenters. The van der Waals surface area contributed by atoms with Crippen LogP contribution in [0.2, 0.25) is 0 Å². The minimum atomic E-state index is 0.0246. The molecule has 0 unspecified atom stereocenters. The fourth-order valence-corrected chi connectivity index (χ4v) is 2.61. The molecule has 1 fully saturated rings. The van der Waals surface area contributed by atoms with Crippen LogP contribution in [0.25, 0.3) is 0 Å². The van der Waals surface area contributed by atoms with E-state index >= 15 is 0 Å². The van der Waals surface area contributed by atoms with Gasteiger partial charge in [0.2, 0.25) is 5.91 Å². The highest BCUT2D eigenvalue weighted by molar-refractivity contribution is 9.10. The quantitative estimate of drug-likeness (QED) is 0.891. The fraction of sp³-hybridized carbons (Fsp3) is 0.467. The predicted octanol–water partition coefficient (Wildman–Crippen LogP) is 1.47. The average molecular weight is 354 g/mol. The van der Waals surface area contributed by atoms with Crippen LogP contribution in [0.15, 0.2) is 28.7 Å². The highest BCUT2D eigenvalue weighted by Gasteiger charge is 2.24. The second-order valence-electron chi connectivity index (χ2n) is 5.07. The topological polar surface area (TPSA) is 66.6 Å². The van der Waals surface area contributed by atoms with Crippen LogP contribution in [0.4, 0.5) is 0 Å². The molecular formula is C15H20BrN3O2. The summed E-state index contributed by atoms with van der Waals surface area (Å²) in [4.78, 5) is 27.9. The van der Waals surface area contributed by atoms with Gasteiger partial charge < -0.3 is 15.5 Å². The summed E-state index contributed by atoms with van der Waals surface area (Å²) in [5, 5.41) is 0. The molecule has 0 bridgehead atoms. The number of benzene rings is 1. The van der Waals surface area contributed by atoms with Crippen LogP contribution in [-0.4, -0.2) is 54.3 Å². The van der Waals surface area contributed by atoms with Crippen molar-refractivity contribution in [1.29, 1.82) is 0 Å². The van der Waals surface area contributed by atoms with Crippen LogP contribution in [0.3, 0.4) is 0 Å². The molecule has 5 nitrogen and oxygen atoms in total. The Bertz CT molecular complexity index is 496. The van der Waals surface area contributed by atoms with E-state index in [2.05, 4.69) is 15.9 Å². The normalized spacial score (nSPS) is 15.1. The minimum absolute atomic E-state index is 0.0246. The molecule has 2 N–H and O–H groups in total. The van der Waals surface area contributed by atoms with Crippen LogP contribution in [-0.2, 0) is 4.79 Å². The van der Waals surface area contributed by atoms with Gasteiger partial charge in [-0.15, -0.1) is 0 Å². The van der Waals surface area contributed by atoms with Crippen LogP contribution < -0.4 is 5.73 Å². The van der Waals surface area contributed by atoms with E-state index in [1.165, 1.54) is 0 Å². The smallest absolute Gasteiger partial charge is 0.253 e. The maximum Gasteiger partial charge on any atom is 0.253 e. The summed E-state index contributed by atoms with van der Waals surface area (Å²) >= 11 is 3.36. The molecule has 1 heterocycles. The first-order valence-electron chi connectivity index (χ1n) is 7.14. The molecule has 1 aromatic carbocycles. The Morgan fingerprint density at radius 1 is 1.05 bits per heavy atom. The van der Waals surface area contributed by atoms with E-state index in [0.717, 1.165) is 10.9 Å². The van der Waals surface area contributed by atoms with E-state index in [1.54, 1.807) is 4.90 Å². The molecule has 21 heavy (non-hydrogen) atoms. The van der Waals surface area contributed by atoms with Gasteiger partial charge in [0.15, 0.2) is 0 Å². The zero-order valence-electron chi connectivity index (χ0n) is 11.9. The number of piperazine rings is 1. The number of rotatable bonds is 4. The van der Waals surface area contributed by atoms with Gasteiger partial charge in [-0.05, 0) is 37.2 Å². The Hall–Kier alpha value is -1.40. The fourth-order valence-electron chi connectivity index (χ4n) is 2.35. The Morgan fingerprint density at radius 3 is 2.19 bits per heavy atom. The lowest BCUT2D eigenvalue weighted by Crippen LogP contribution is -2.50. The maximum atomic E-state index is 12.4. The van der Waals surface area contributed by atoms with Gasteiger partial charge in [-0.3, -0.25) is 9.59 Å². The van der Waals surface area contributed by atoms with Crippen LogP contribution in [0.5, 0.6) is 0 Å². The van der Waals surface area contributed by atoms with Gasteiger partial charge in [0.1, 0.15) is 0 Å². The van der Waals surface area contributed by atoms with E-state index in [4.69, 9.17) is 5.73 Å². The molecule has 1 saturated heterocycles. The Labute approximate surface area is 133 Å². The molecule has 1 aliphatic rings. The number of amides is 2. The molecule has 0 radical (unpaired) electrons. The highest BCUT2D eigenvalue weighted by atomic mass is 79.9. The molecule has 2 rings (SSSR count). The van der Waals surface area contributed by atoms with Gasteiger partial charge in [-0.2, -0.15) is 0 Å². The van der Waals surface area contributed by atoms with Gasteiger partial charge in [-0.25, -0.2) is 0 Å². The lowest BCUT2D eigenvalue weighted by atomic mass is 10.1. The molecule has 0 aromatic heterocycles. The Kier molecular flexibility index (Phi) is 5.76. The number of halogens is 1.